The molecule has 0 aliphatic rings. The van der Waals surface area contributed by atoms with Crippen molar-refractivity contribution in [1.82, 2.24) is 5.32 Å². The van der Waals surface area contributed by atoms with Gasteiger partial charge in [-0.05, 0) is 49.9 Å². The number of aliphatic carboxylic acids is 1. The minimum absolute atomic E-state index is 0.0173. The molecular formula is C13H15Br3N2O3. The van der Waals surface area contributed by atoms with Gasteiger partial charge in [-0.1, -0.05) is 29.8 Å². The minimum atomic E-state index is -0.944. The highest BCUT2D eigenvalue weighted by Crippen LogP contribution is 2.34. The molecule has 0 spiro atoms. The van der Waals surface area contributed by atoms with E-state index in [2.05, 4.69) is 58.4 Å². The van der Waals surface area contributed by atoms with Gasteiger partial charge in [-0.15, -0.1) is 0 Å². The second-order valence-electron chi connectivity index (χ2n) is 4.79. The van der Waals surface area contributed by atoms with E-state index in [0.717, 1.165) is 4.47 Å². The van der Waals surface area contributed by atoms with Gasteiger partial charge in [-0.25, -0.2) is 4.79 Å². The molecule has 0 aromatic heterocycles. The normalized spacial score (nSPS) is 12.1. The van der Waals surface area contributed by atoms with Crippen molar-refractivity contribution in [1.29, 1.82) is 0 Å². The molecule has 2 amide bonds. The Morgan fingerprint density at radius 2 is 1.71 bits per heavy atom. The van der Waals surface area contributed by atoms with Gasteiger partial charge in [-0.3, -0.25) is 4.79 Å². The van der Waals surface area contributed by atoms with Gasteiger partial charge in [0.2, 0.25) is 0 Å². The Morgan fingerprint density at radius 1 is 1.19 bits per heavy atom. The first-order chi connectivity index (χ1) is 9.70. The number of amides is 2. The zero-order valence-electron chi connectivity index (χ0n) is 11.4. The van der Waals surface area contributed by atoms with Crippen LogP contribution in [0.2, 0.25) is 0 Å². The molecule has 0 aliphatic heterocycles. The Labute approximate surface area is 148 Å². The van der Waals surface area contributed by atoms with Gasteiger partial charge in [0.05, 0.1) is 12.1 Å². The third kappa shape index (κ3) is 5.96. The summed E-state index contributed by atoms with van der Waals surface area (Å²) in [5, 5.41) is 14.3. The average molecular weight is 487 g/mol. The first kappa shape index (κ1) is 18.4. The molecule has 1 atom stereocenters. The van der Waals surface area contributed by atoms with Crippen LogP contribution in [0.5, 0.6) is 0 Å². The Hall–Kier alpha value is -0.600. The summed E-state index contributed by atoms with van der Waals surface area (Å²) in [7, 11) is 0. The molecule has 1 aromatic carbocycles. The number of carboxylic acid groups (broad SMARTS) is 1. The highest BCUT2D eigenvalue weighted by atomic mass is 79.9. The van der Waals surface area contributed by atoms with E-state index in [4.69, 9.17) is 5.11 Å². The lowest BCUT2D eigenvalue weighted by molar-refractivity contribution is -0.137. The molecule has 1 unspecified atom stereocenters. The molecule has 0 saturated heterocycles. The van der Waals surface area contributed by atoms with Crippen molar-refractivity contribution in [2.75, 3.05) is 5.32 Å². The van der Waals surface area contributed by atoms with E-state index in [1.165, 1.54) is 0 Å². The number of hydrogen-bond acceptors (Lipinski definition) is 2. The van der Waals surface area contributed by atoms with E-state index < -0.39 is 18.0 Å². The Morgan fingerprint density at radius 3 is 2.14 bits per heavy atom. The van der Waals surface area contributed by atoms with Crippen LogP contribution in [0, 0.1) is 5.92 Å². The van der Waals surface area contributed by atoms with Gasteiger partial charge in [0.15, 0.2) is 0 Å². The number of carbonyl (C=O) groups is 2. The summed E-state index contributed by atoms with van der Waals surface area (Å²) in [5.74, 6) is -0.927. The fraction of sp³-hybridized carbons (Fsp3) is 0.385. The van der Waals surface area contributed by atoms with E-state index in [0.29, 0.717) is 14.6 Å². The maximum Gasteiger partial charge on any atom is 0.319 e. The molecule has 8 heteroatoms. The van der Waals surface area contributed by atoms with Gasteiger partial charge < -0.3 is 15.7 Å². The number of carbonyl (C=O) groups excluding carboxylic acids is 1. The van der Waals surface area contributed by atoms with Crippen molar-refractivity contribution < 1.29 is 14.7 Å². The molecule has 116 valence electrons. The van der Waals surface area contributed by atoms with Crippen molar-refractivity contribution in [2.45, 2.75) is 26.3 Å². The zero-order chi connectivity index (χ0) is 16.2. The fourth-order valence-electron chi connectivity index (χ4n) is 1.62. The predicted molar refractivity (Wildman–Crippen MR) is 92.6 cm³/mol. The quantitative estimate of drug-likeness (QED) is 0.569. The Balaban J connectivity index is 2.79. The van der Waals surface area contributed by atoms with Crippen LogP contribution in [-0.4, -0.2) is 23.1 Å². The second-order valence-corrected chi connectivity index (χ2v) is 7.42. The number of rotatable bonds is 5. The Kier molecular flexibility index (Phi) is 7.15. The summed E-state index contributed by atoms with van der Waals surface area (Å²) < 4.78 is 2.27. The highest BCUT2D eigenvalue weighted by Gasteiger charge is 2.20. The Bertz CT molecular complexity index is 526. The molecule has 5 nitrogen and oxygen atoms in total. The van der Waals surface area contributed by atoms with E-state index in [1.54, 1.807) is 12.1 Å². The number of urea groups is 1. The zero-order valence-corrected chi connectivity index (χ0v) is 16.2. The van der Waals surface area contributed by atoms with Crippen LogP contribution in [0.25, 0.3) is 0 Å². The molecule has 0 saturated carbocycles. The number of benzene rings is 1. The van der Waals surface area contributed by atoms with Crippen LogP contribution in [0.3, 0.4) is 0 Å². The molecule has 1 aromatic rings. The fourth-order valence-corrected chi connectivity index (χ4v) is 4.08. The molecule has 0 aliphatic carbocycles. The van der Waals surface area contributed by atoms with Crippen LogP contribution in [0.1, 0.15) is 20.3 Å². The number of halogens is 3. The first-order valence-electron chi connectivity index (χ1n) is 6.14. The van der Waals surface area contributed by atoms with Crippen molar-refractivity contribution in [3.05, 3.63) is 25.6 Å². The van der Waals surface area contributed by atoms with Gasteiger partial charge in [-0.2, -0.15) is 0 Å². The molecule has 1 rings (SSSR count). The third-order valence-corrected chi connectivity index (χ3v) is 4.47. The van der Waals surface area contributed by atoms with Gasteiger partial charge in [0.25, 0.3) is 0 Å². The van der Waals surface area contributed by atoms with Crippen molar-refractivity contribution in [3.63, 3.8) is 0 Å². The lowest BCUT2D eigenvalue weighted by Crippen LogP contribution is -2.42. The van der Waals surface area contributed by atoms with Crippen molar-refractivity contribution in [2.24, 2.45) is 5.92 Å². The van der Waals surface area contributed by atoms with Crippen molar-refractivity contribution >= 4 is 65.5 Å². The van der Waals surface area contributed by atoms with E-state index in [-0.39, 0.29) is 12.3 Å². The average Bonchev–Trinajstić information content (AvgIpc) is 2.32. The minimum Gasteiger partial charge on any atom is -0.481 e. The van der Waals surface area contributed by atoms with Gasteiger partial charge in [0.1, 0.15) is 0 Å². The van der Waals surface area contributed by atoms with E-state index in [9.17, 15) is 9.59 Å². The molecule has 21 heavy (non-hydrogen) atoms. The summed E-state index contributed by atoms with van der Waals surface area (Å²) >= 11 is 10.1. The molecule has 3 N–H and O–H groups in total. The van der Waals surface area contributed by atoms with E-state index in [1.807, 2.05) is 13.8 Å². The molecule has 0 radical (unpaired) electrons. The number of nitrogens with one attached hydrogen (secondary N) is 2. The number of carboxylic acids is 1. The SMILES string of the molecule is CC(C)C(CC(=O)O)NC(=O)Nc1c(Br)cc(Br)cc1Br. The summed E-state index contributed by atoms with van der Waals surface area (Å²) in [6, 6.07) is 2.73. The smallest absolute Gasteiger partial charge is 0.319 e. The lowest BCUT2D eigenvalue weighted by Gasteiger charge is -2.21. The summed E-state index contributed by atoms with van der Waals surface area (Å²) in [5.41, 5.74) is 0.577. The molecular weight excluding hydrogens is 472 g/mol. The standard InChI is InChI=1S/C13H15Br3N2O3/c1-6(2)10(5-11(19)20)17-13(21)18-12-8(15)3-7(14)4-9(12)16/h3-4,6,10H,5H2,1-2H3,(H,19,20)(H2,17,18,21). The summed E-state index contributed by atoms with van der Waals surface area (Å²) in [6.45, 7) is 3.72. The maximum atomic E-state index is 12.0. The maximum absolute atomic E-state index is 12.0. The molecule has 0 bridgehead atoms. The molecule has 0 heterocycles. The monoisotopic (exact) mass is 484 g/mol. The largest absolute Gasteiger partial charge is 0.481 e. The topological polar surface area (TPSA) is 78.4 Å². The van der Waals surface area contributed by atoms with Crippen LogP contribution in [0.4, 0.5) is 10.5 Å². The molecule has 0 fully saturated rings. The van der Waals surface area contributed by atoms with Crippen LogP contribution < -0.4 is 10.6 Å². The lowest BCUT2D eigenvalue weighted by atomic mass is 10.0. The van der Waals surface area contributed by atoms with Crippen molar-refractivity contribution in [3.8, 4) is 0 Å². The highest BCUT2D eigenvalue weighted by molar-refractivity contribution is 9.11. The first-order valence-corrected chi connectivity index (χ1v) is 8.52. The number of hydrogen-bond donors (Lipinski definition) is 3. The summed E-state index contributed by atoms with van der Waals surface area (Å²) in [4.78, 5) is 22.8. The van der Waals surface area contributed by atoms with Crippen LogP contribution in [-0.2, 0) is 4.79 Å². The third-order valence-electron chi connectivity index (χ3n) is 2.76. The van der Waals surface area contributed by atoms with Gasteiger partial charge in [0, 0.05) is 19.5 Å². The van der Waals surface area contributed by atoms with Crippen LogP contribution >= 0.6 is 47.8 Å². The summed E-state index contributed by atoms with van der Waals surface area (Å²) in [6.07, 6.45) is -0.117. The van der Waals surface area contributed by atoms with Gasteiger partial charge >= 0.3 is 12.0 Å². The number of anilines is 1. The predicted octanol–water partition coefficient (Wildman–Crippen LogP) is 4.59. The second kappa shape index (κ2) is 8.14. The van der Waals surface area contributed by atoms with Crippen LogP contribution in [0.15, 0.2) is 25.6 Å². The van der Waals surface area contributed by atoms with E-state index >= 15 is 0 Å².